The Kier molecular flexibility index (Phi) is 4.29. The molecule has 0 bridgehead atoms. The molecule has 1 heterocycles. The van der Waals surface area contributed by atoms with Gasteiger partial charge in [-0.25, -0.2) is 9.97 Å². The van der Waals surface area contributed by atoms with Crippen LogP contribution < -0.4 is 5.32 Å². The molecule has 1 aromatic heterocycles. The minimum atomic E-state index is -0.779. The second kappa shape index (κ2) is 6.61. The van der Waals surface area contributed by atoms with Crippen LogP contribution in [0.4, 0.5) is 11.5 Å². The number of aryl methyl sites for hydroxylation is 1. The van der Waals surface area contributed by atoms with Crippen molar-refractivity contribution in [3.8, 4) is 6.07 Å². The summed E-state index contributed by atoms with van der Waals surface area (Å²) in [4.78, 5) is 20.9. The van der Waals surface area contributed by atoms with Gasteiger partial charge in [-0.1, -0.05) is 11.8 Å². The fraction of sp³-hybridized carbons (Fsp3) is 0.368. The van der Waals surface area contributed by atoms with E-state index in [1.54, 1.807) is 12.1 Å². The van der Waals surface area contributed by atoms with Crippen molar-refractivity contribution in [1.82, 2.24) is 9.97 Å². The van der Waals surface area contributed by atoms with Gasteiger partial charge in [-0.15, -0.1) is 0 Å². The van der Waals surface area contributed by atoms with Gasteiger partial charge in [0.2, 0.25) is 0 Å². The number of carboxylic acids is 1. The Hall–Kier alpha value is -2.59. The number of anilines is 2. The summed E-state index contributed by atoms with van der Waals surface area (Å²) in [5.41, 5.74) is 3.58. The molecule has 0 atom stereocenters. The molecule has 0 radical (unpaired) electrons. The van der Waals surface area contributed by atoms with Crippen molar-refractivity contribution in [3.63, 3.8) is 0 Å². The number of hydrogen-bond donors (Lipinski definition) is 2. The minimum Gasteiger partial charge on any atom is -0.480 e. The van der Waals surface area contributed by atoms with Crippen LogP contribution in [0.25, 0.3) is 0 Å². The molecule has 4 rings (SSSR count). The first-order valence-corrected chi connectivity index (χ1v) is 9.51. The Morgan fingerprint density at radius 1 is 1.19 bits per heavy atom. The van der Waals surface area contributed by atoms with E-state index in [0.29, 0.717) is 23.6 Å². The summed E-state index contributed by atoms with van der Waals surface area (Å²) in [5, 5.41) is 22.4. The van der Waals surface area contributed by atoms with E-state index in [1.807, 2.05) is 12.1 Å². The van der Waals surface area contributed by atoms with Crippen molar-refractivity contribution in [2.75, 3.05) is 5.32 Å². The van der Waals surface area contributed by atoms with Gasteiger partial charge in [0, 0.05) is 11.3 Å². The number of fused-ring (bicyclic) bond motifs is 1. The first kappa shape index (κ1) is 16.9. The molecule has 0 unspecified atom stereocenters. The molecular formula is C19H18N4O2S. The normalized spacial score (nSPS) is 17.0. The smallest absolute Gasteiger partial charge is 0.320 e. The Morgan fingerprint density at radius 3 is 2.58 bits per heavy atom. The Balaban J connectivity index is 1.64. The number of benzene rings is 1. The maximum Gasteiger partial charge on any atom is 0.320 e. The first-order chi connectivity index (χ1) is 12.6. The average Bonchev–Trinajstić information content (AvgIpc) is 3.07. The number of nitrogens with one attached hydrogen (secondary N) is 1. The molecule has 0 aliphatic heterocycles. The van der Waals surface area contributed by atoms with Gasteiger partial charge in [0.15, 0.2) is 5.16 Å². The Morgan fingerprint density at radius 2 is 1.96 bits per heavy atom. The lowest BCUT2D eigenvalue weighted by atomic mass is 9.84. The predicted octanol–water partition coefficient (Wildman–Crippen LogP) is 3.68. The molecule has 1 fully saturated rings. The van der Waals surface area contributed by atoms with Crippen LogP contribution in [0.2, 0.25) is 0 Å². The third kappa shape index (κ3) is 3.01. The van der Waals surface area contributed by atoms with E-state index >= 15 is 0 Å². The predicted molar refractivity (Wildman–Crippen MR) is 98.6 cm³/mol. The Bertz CT molecular complexity index is 901. The number of hydrogen-bond acceptors (Lipinski definition) is 6. The van der Waals surface area contributed by atoms with Gasteiger partial charge in [-0.3, -0.25) is 4.79 Å². The first-order valence-electron chi connectivity index (χ1n) is 8.69. The quantitative estimate of drug-likeness (QED) is 0.779. The van der Waals surface area contributed by atoms with Crippen molar-refractivity contribution in [1.29, 1.82) is 5.26 Å². The van der Waals surface area contributed by atoms with Crippen LogP contribution in [0.5, 0.6) is 0 Å². The molecule has 0 spiro atoms. The lowest BCUT2D eigenvalue weighted by Gasteiger charge is -2.36. The summed E-state index contributed by atoms with van der Waals surface area (Å²) in [7, 11) is 0. The standard InChI is InChI=1S/C19H18N4O2S/c20-11-12-5-7-13(8-6-12)21-16-14-3-1-4-15(14)22-18(23-16)26-19(17(24)25)9-2-10-19/h5-8H,1-4,9-10H2,(H,24,25)(H,21,22,23). The molecule has 2 aliphatic carbocycles. The van der Waals surface area contributed by atoms with E-state index < -0.39 is 10.7 Å². The van der Waals surface area contributed by atoms with Crippen LogP contribution in [-0.2, 0) is 17.6 Å². The summed E-state index contributed by atoms with van der Waals surface area (Å²) >= 11 is 1.28. The van der Waals surface area contributed by atoms with E-state index in [-0.39, 0.29) is 0 Å². The molecule has 2 N–H and O–H groups in total. The summed E-state index contributed by atoms with van der Waals surface area (Å²) < 4.78 is -0.779. The highest BCUT2D eigenvalue weighted by Gasteiger charge is 2.46. The zero-order chi connectivity index (χ0) is 18.1. The van der Waals surface area contributed by atoms with Gasteiger partial charge in [-0.2, -0.15) is 5.26 Å². The molecule has 0 amide bonds. The van der Waals surface area contributed by atoms with Crippen molar-refractivity contribution >= 4 is 29.2 Å². The maximum absolute atomic E-state index is 11.7. The molecule has 26 heavy (non-hydrogen) atoms. The lowest BCUT2D eigenvalue weighted by molar-refractivity contribution is -0.142. The highest BCUT2D eigenvalue weighted by molar-refractivity contribution is 8.01. The van der Waals surface area contributed by atoms with Crippen molar-refractivity contribution in [2.45, 2.75) is 48.4 Å². The Labute approximate surface area is 155 Å². The van der Waals surface area contributed by atoms with E-state index in [9.17, 15) is 9.90 Å². The SMILES string of the molecule is N#Cc1ccc(Nc2nc(SC3(C(=O)O)CCC3)nc3c2CCC3)cc1. The molecule has 1 saturated carbocycles. The van der Waals surface area contributed by atoms with Gasteiger partial charge in [-0.05, 0) is 62.8 Å². The summed E-state index contributed by atoms with van der Waals surface area (Å²) in [6, 6.07) is 9.31. The zero-order valence-corrected chi connectivity index (χ0v) is 15.0. The largest absolute Gasteiger partial charge is 0.480 e. The summed E-state index contributed by atoms with van der Waals surface area (Å²) in [6.07, 6.45) is 5.10. The number of rotatable bonds is 5. The van der Waals surface area contributed by atoms with Crippen LogP contribution in [-0.4, -0.2) is 25.8 Å². The number of aliphatic carboxylic acids is 1. The van der Waals surface area contributed by atoms with E-state index in [2.05, 4.69) is 21.4 Å². The second-order valence-corrected chi connectivity index (χ2v) is 8.05. The molecule has 2 aliphatic rings. The highest BCUT2D eigenvalue weighted by Crippen LogP contribution is 2.47. The van der Waals surface area contributed by atoms with Crippen LogP contribution in [0.15, 0.2) is 29.4 Å². The molecular weight excluding hydrogens is 348 g/mol. The van der Waals surface area contributed by atoms with Crippen LogP contribution in [0.1, 0.15) is 42.5 Å². The molecule has 0 saturated heterocycles. The molecule has 2 aromatic rings. The number of aromatic nitrogens is 2. The summed E-state index contributed by atoms with van der Waals surface area (Å²) in [5.74, 6) is -0.0287. The number of thioether (sulfide) groups is 1. The van der Waals surface area contributed by atoms with Gasteiger partial charge in [0.05, 0.1) is 17.3 Å². The number of nitrogens with zero attached hydrogens (tertiary/aromatic N) is 3. The fourth-order valence-corrected chi connectivity index (χ4v) is 4.58. The van der Waals surface area contributed by atoms with Crippen LogP contribution in [0, 0.1) is 11.3 Å². The maximum atomic E-state index is 11.7. The van der Waals surface area contributed by atoms with Crippen LogP contribution >= 0.6 is 11.8 Å². The average molecular weight is 366 g/mol. The third-order valence-electron chi connectivity index (χ3n) is 5.03. The molecule has 132 valence electrons. The van der Waals surface area contributed by atoms with Crippen molar-refractivity contribution in [3.05, 3.63) is 41.1 Å². The monoisotopic (exact) mass is 366 g/mol. The molecule has 1 aromatic carbocycles. The van der Waals surface area contributed by atoms with E-state index in [1.165, 1.54) is 11.8 Å². The van der Waals surface area contributed by atoms with E-state index in [4.69, 9.17) is 5.26 Å². The second-order valence-electron chi connectivity index (χ2n) is 6.70. The number of carboxylic acid groups (broad SMARTS) is 1. The van der Waals surface area contributed by atoms with Crippen molar-refractivity contribution < 1.29 is 9.90 Å². The number of carbonyl (C=O) groups is 1. The summed E-state index contributed by atoms with van der Waals surface area (Å²) in [6.45, 7) is 0. The minimum absolute atomic E-state index is 0.531. The fourth-order valence-electron chi connectivity index (χ4n) is 3.36. The topological polar surface area (TPSA) is 98.9 Å². The zero-order valence-electron chi connectivity index (χ0n) is 14.2. The van der Waals surface area contributed by atoms with Gasteiger partial charge in [0.1, 0.15) is 10.6 Å². The van der Waals surface area contributed by atoms with Crippen molar-refractivity contribution in [2.24, 2.45) is 0 Å². The van der Waals surface area contributed by atoms with E-state index in [0.717, 1.165) is 48.4 Å². The number of nitriles is 1. The molecule has 7 heteroatoms. The third-order valence-corrected chi connectivity index (χ3v) is 6.37. The van der Waals surface area contributed by atoms with Gasteiger partial charge >= 0.3 is 5.97 Å². The van der Waals surface area contributed by atoms with Crippen LogP contribution in [0.3, 0.4) is 0 Å². The lowest BCUT2D eigenvalue weighted by Crippen LogP contribution is -2.42. The van der Waals surface area contributed by atoms with Gasteiger partial charge in [0.25, 0.3) is 0 Å². The molecule has 6 nitrogen and oxygen atoms in total. The highest BCUT2D eigenvalue weighted by atomic mass is 32.2. The van der Waals surface area contributed by atoms with Gasteiger partial charge < -0.3 is 10.4 Å².